The maximum Gasteiger partial charge on any atom is 0.104 e. The second-order valence-electron chi connectivity index (χ2n) is 8.13. The predicted octanol–water partition coefficient (Wildman–Crippen LogP) is 2.34. The fourth-order valence-electron chi connectivity index (χ4n) is 3.92. The van der Waals surface area contributed by atoms with Gasteiger partial charge in [0.25, 0.3) is 0 Å². The van der Waals surface area contributed by atoms with Crippen molar-refractivity contribution in [2.75, 3.05) is 46.5 Å². The second kappa shape index (κ2) is 8.12. The molecule has 0 bridgehead atoms. The lowest BCUT2D eigenvalue weighted by molar-refractivity contribution is -0.0564. The summed E-state index contributed by atoms with van der Waals surface area (Å²) in [4.78, 5) is 9.52. The Morgan fingerprint density at radius 3 is 3.00 bits per heavy atom. The van der Waals surface area contributed by atoms with E-state index >= 15 is 0 Å². The van der Waals surface area contributed by atoms with Crippen molar-refractivity contribution in [2.45, 2.75) is 45.4 Å². The van der Waals surface area contributed by atoms with Crippen LogP contribution in [0.1, 0.15) is 31.7 Å². The van der Waals surface area contributed by atoms with Gasteiger partial charge in [-0.25, -0.2) is 0 Å². The largest absolute Gasteiger partial charge is 0.377 e. The van der Waals surface area contributed by atoms with Crippen LogP contribution in [0, 0.1) is 12.8 Å². The Kier molecular flexibility index (Phi) is 6.10. The Labute approximate surface area is 152 Å². The van der Waals surface area contributed by atoms with Crippen molar-refractivity contribution in [2.24, 2.45) is 5.92 Å². The van der Waals surface area contributed by atoms with Crippen LogP contribution in [-0.4, -0.2) is 72.9 Å². The second-order valence-corrected chi connectivity index (χ2v) is 8.13. The van der Waals surface area contributed by atoms with Gasteiger partial charge in [0.1, 0.15) is 5.60 Å². The standard InChI is InChI=1S/C20H33N3O2/c1-16(2)22(4)11-18-10-20(25-13-18)14-23(8-9-24-15-20)12-19-7-5-6-17(3)21-19/h5-7,16,18H,8-15H2,1-4H3/t18-,20-/m0/s1. The van der Waals surface area contributed by atoms with Crippen molar-refractivity contribution in [3.63, 3.8) is 0 Å². The quantitative estimate of drug-likeness (QED) is 0.817. The third-order valence-corrected chi connectivity index (χ3v) is 5.47. The first-order valence-corrected chi connectivity index (χ1v) is 9.53. The van der Waals surface area contributed by atoms with Gasteiger partial charge in [-0.15, -0.1) is 0 Å². The van der Waals surface area contributed by atoms with Gasteiger partial charge in [-0.3, -0.25) is 9.88 Å². The minimum atomic E-state index is -0.150. The molecule has 2 aliphatic heterocycles. The summed E-state index contributed by atoms with van der Waals surface area (Å²) in [5.41, 5.74) is 2.06. The van der Waals surface area contributed by atoms with Crippen LogP contribution in [0.25, 0.3) is 0 Å². The SMILES string of the molecule is Cc1cccc(CN2CCOC[C@]3(C[C@@H](CN(C)C(C)C)CO3)C2)n1. The molecule has 1 aromatic rings. The number of rotatable bonds is 5. The van der Waals surface area contributed by atoms with Crippen LogP contribution >= 0.6 is 0 Å². The highest BCUT2D eigenvalue weighted by Crippen LogP contribution is 2.33. The molecule has 2 fully saturated rings. The third-order valence-electron chi connectivity index (χ3n) is 5.47. The monoisotopic (exact) mass is 347 g/mol. The summed E-state index contributed by atoms with van der Waals surface area (Å²) < 4.78 is 12.3. The molecule has 5 heteroatoms. The normalized spacial score (nSPS) is 28.2. The molecule has 0 N–H and O–H groups in total. The summed E-state index contributed by atoms with van der Waals surface area (Å²) in [5.74, 6) is 0.591. The van der Waals surface area contributed by atoms with E-state index in [9.17, 15) is 0 Å². The molecular weight excluding hydrogens is 314 g/mol. The van der Waals surface area contributed by atoms with Crippen LogP contribution in [0.2, 0.25) is 0 Å². The van der Waals surface area contributed by atoms with Gasteiger partial charge in [-0.05, 0) is 52.3 Å². The maximum absolute atomic E-state index is 6.33. The van der Waals surface area contributed by atoms with Crippen molar-refractivity contribution in [3.05, 3.63) is 29.6 Å². The lowest BCUT2D eigenvalue weighted by Gasteiger charge is -2.31. The molecule has 1 spiro atoms. The minimum Gasteiger partial charge on any atom is -0.377 e. The molecule has 0 aromatic carbocycles. The molecule has 140 valence electrons. The molecule has 0 saturated carbocycles. The molecule has 3 heterocycles. The smallest absolute Gasteiger partial charge is 0.104 e. The summed E-state index contributed by atoms with van der Waals surface area (Å²) in [6, 6.07) is 6.82. The molecule has 2 aliphatic rings. The van der Waals surface area contributed by atoms with Gasteiger partial charge < -0.3 is 14.4 Å². The summed E-state index contributed by atoms with van der Waals surface area (Å²) in [6.45, 7) is 12.7. The van der Waals surface area contributed by atoms with E-state index in [-0.39, 0.29) is 5.60 Å². The van der Waals surface area contributed by atoms with E-state index in [1.807, 2.05) is 13.0 Å². The van der Waals surface area contributed by atoms with E-state index in [2.05, 4.69) is 47.8 Å². The van der Waals surface area contributed by atoms with Gasteiger partial charge >= 0.3 is 0 Å². The highest BCUT2D eigenvalue weighted by molar-refractivity contribution is 5.10. The topological polar surface area (TPSA) is 37.8 Å². The van der Waals surface area contributed by atoms with Crippen LogP contribution in [-0.2, 0) is 16.0 Å². The van der Waals surface area contributed by atoms with Gasteiger partial charge in [0.05, 0.1) is 25.5 Å². The molecule has 2 atom stereocenters. The minimum absolute atomic E-state index is 0.150. The van der Waals surface area contributed by atoms with Crippen molar-refractivity contribution >= 4 is 0 Å². The van der Waals surface area contributed by atoms with E-state index in [1.165, 1.54) is 0 Å². The molecule has 3 rings (SSSR count). The summed E-state index contributed by atoms with van der Waals surface area (Å²) >= 11 is 0. The van der Waals surface area contributed by atoms with Gasteiger partial charge in [-0.2, -0.15) is 0 Å². The van der Waals surface area contributed by atoms with Crippen LogP contribution < -0.4 is 0 Å². The number of pyridine rings is 1. The van der Waals surface area contributed by atoms with E-state index in [4.69, 9.17) is 9.47 Å². The van der Waals surface area contributed by atoms with Gasteiger partial charge in [0, 0.05) is 37.9 Å². The number of aryl methyl sites for hydroxylation is 1. The molecule has 0 unspecified atom stereocenters. The van der Waals surface area contributed by atoms with Gasteiger partial charge in [0.15, 0.2) is 0 Å². The number of hydrogen-bond acceptors (Lipinski definition) is 5. The highest BCUT2D eigenvalue weighted by atomic mass is 16.5. The van der Waals surface area contributed by atoms with Crippen molar-refractivity contribution in [1.82, 2.24) is 14.8 Å². The highest BCUT2D eigenvalue weighted by Gasteiger charge is 2.43. The molecular formula is C20H33N3O2. The van der Waals surface area contributed by atoms with E-state index in [0.29, 0.717) is 18.6 Å². The number of aromatic nitrogens is 1. The third kappa shape index (κ3) is 5.00. The van der Waals surface area contributed by atoms with Crippen LogP contribution in [0.4, 0.5) is 0 Å². The first-order chi connectivity index (χ1) is 12.0. The summed E-state index contributed by atoms with van der Waals surface area (Å²) in [7, 11) is 2.20. The molecule has 0 aliphatic carbocycles. The zero-order valence-electron chi connectivity index (χ0n) is 16.2. The van der Waals surface area contributed by atoms with Crippen LogP contribution in [0.5, 0.6) is 0 Å². The molecule has 1 aromatic heterocycles. The summed E-state index contributed by atoms with van der Waals surface area (Å²) in [6.07, 6.45) is 1.09. The Bertz CT molecular complexity index is 566. The number of nitrogens with zero attached hydrogens (tertiary/aromatic N) is 3. The zero-order chi connectivity index (χ0) is 17.9. The van der Waals surface area contributed by atoms with Crippen molar-refractivity contribution in [3.8, 4) is 0 Å². The zero-order valence-corrected chi connectivity index (χ0v) is 16.2. The van der Waals surface area contributed by atoms with Gasteiger partial charge in [0.2, 0.25) is 0 Å². The van der Waals surface area contributed by atoms with Crippen LogP contribution in [0.15, 0.2) is 18.2 Å². The fraction of sp³-hybridized carbons (Fsp3) is 0.750. The van der Waals surface area contributed by atoms with Crippen molar-refractivity contribution in [1.29, 1.82) is 0 Å². The Morgan fingerprint density at radius 2 is 2.24 bits per heavy atom. The number of hydrogen-bond donors (Lipinski definition) is 0. The number of ether oxygens (including phenoxy) is 2. The van der Waals surface area contributed by atoms with E-state index < -0.39 is 0 Å². The average Bonchev–Trinajstić information content (AvgIpc) is 2.82. The molecule has 25 heavy (non-hydrogen) atoms. The van der Waals surface area contributed by atoms with Crippen LogP contribution in [0.3, 0.4) is 0 Å². The fourth-order valence-corrected chi connectivity index (χ4v) is 3.92. The lowest BCUT2D eigenvalue weighted by atomic mass is 9.93. The molecule has 0 amide bonds. The van der Waals surface area contributed by atoms with Crippen molar-refractivity contribution < 1.29 is 9.47 Å². The molecule has 2 saturated heterocycles. The van der Waals surface area contributed by atoms with Gasteiger partial charge in [-0.1, -0.05) is 6.07 Å². The predicted molar refractivity (Wildman–Crippen MR) is 99.6 cm³/mol. The Morgan fingerprint density at radius 1 is 1.40 bits per heavy atom. The van der Waals surface area contributed by atoms with E-state index in [1.54, 1.807) is 0 Å². The lowest BCUT2D eigenvalue weighted by Crippen LogP contribution is -2.44. The summed E-state index contributed by atoms with van der Waals surface area (Å²) in [5, 5.41) is 0. The molecule has 0 radical (unpaired) electrons. The Balaban J connectivity index is 1.62. The average molecular weight is 348 g/mol. The van der Waals surface area contributed by atoms with E-state index in [0.717, 1.165) is 57.2 Å². The Hall–Kier alpha value is -1.01. The molecule has 5 nitrogen and oxygen atoms in total. The first kappa shape index (κ1) is 18.8. The maximum atomic E-state index is 6.33. The first-order valence-electron chi connectivity index (χ1n) is 9.53.